The minimum atomic E-state index is -0.511. The minimum absolute atomic E-state index is 0.0956. The number of non-ortho nitro benzene ring substituents is 1. The number of hydrogen-bond acceptors (Lipinski definition) is 6. The molecular weight excluding hydrogens is 298 g/mol. The fourth-order valence-corrected chi connectivity index (χ4v) is 2.46. The highest BCUT2D eigenvalue weighted by Crippen LogP contribution is 2.33. The van der Waals surface area contributed by atoms with Gasteiger partial charge < -0.3 is 14.4 Å². The Morgan fingerprint density at radius 1 is 1.26 bits per heavy atom. The first-order valence-electron chi connectivity index (χ1n) is 6.86. The Kier molecular flexibility index (Phi) is 3.73. The molecule has 7 heteroatoms. The summed E-state index contributed by atoms with van der Waals surface area (Å²) in [7, 11) is 1.83. The van der Waals surface area contributed by atoms with Crippen LogP contribution in [0.25, 0.3) is 0 Å². The van der Waals surface area contributed by atoms with E-state index in [1.807, 2.05) is 36.2 Å². The van der Waals surface area contributed by atoms with Gasteiger partial charge in [-0.25, -0.2) is 0 Å². The van der Waals surface area contributed by atoms with Crippen molar-refractivity contribution in [2.45, 2.75) is 6.54 Å². The van der Waals surface area contributed by atoms with E-state index in [0.717, 1.165) is 5.56 Å². The van der Waals surface area contributed by atoms with Gasteiger partial charge >= 0.3 is 0 Å². The van der Waals surface area contributed by atoms with E-state index in [4.69, 9.17) is 9.47 Å². The molecule has 116 valence electrons. The van der Waals surface area contributed by atoms with Gasteiger partial charge in [0, 0.05) is 25.7 Å². The van der Waals surface area contributed by atoms with Crippen LogP contribution in [0.4, 0.5) is 11.4 Å². The van der Waals surface area contributed by atoms with E-state index in [2.05, 4.69) is 0 Å². The van der Waals surface area contributed by atoms with Crippen molar-refractivity contribution in [3.63, 3.8) is 0 Å². The van der Waals surface area contributed by atoms with Crippen molar-refractivity contribution in [1.82, 2.24) is 0 Å². The molecule has 1 aliphatic heterocycles. The van der Waals surface area contributed by atoms with Crippen molar-refractivity contribution in [2.24, 2.45) is 0 Å². The standard InChI is InChI=1S/C16H13N3O4/c1-18(9-11-2-5-15-16(6-11)23-10-22-15)14-4-3-13(19(20)21)7-12(14)8-17/h2-7H,9-10H2,1H3. The predicted molar refractivity (Wildman–Crippen MR) is 82.5 cm³/mol. The third-order valence-corrected chi connectivity index (χ3v) is 3.58. The normalized spacial score (nSPS) is 11.8. The van der Waals surface area contributed by atoms with Gasteiger partial charge in [-0.2, -0.15) is 5.26 Å². The molecule has 0 aromatic heterocycles. The van der Waals surface area contributed by atoms with Gasteiger partial charge in [0.05, 0.1) is 16.2 Å². The molecule has 0 N–H and O–H groups in total. The SMILES string of the molecule is CN(Cc1ccc2c(c1)OCO2)c1ccc([N+](=O)[O-])cc1C#N. The molecule has 7 nitrogen and oxygen atoms in total. The van der Waals surface area contributed by atoms with Crippen LogP contribution in [0.2, 0.25) is 0 Å². The molecule has 0 fully saturated rings. The van der Waals surface area contributed by atoms with Crippen LogP contribution in [0.5, 0.6) is 11.5 Å². The number of nitro groups is 1. The molecule has 0 saturated carbocycles. The average molecular weight is 311 g/mol. The number of benzene rings is 2. The Morgan fingerprint density at radius 3 is 2.78 bits per heavy atom. The number of anilines is 1. The van der Waals surface area contributed by atoms with E-state index in [1.54, 1.807) is 6.07 Å². The van der Waals surface area contributed by atoms with Crippen molar-refractivity contribution in [3.05, 3.63) is 57.6 Å². The van der Waals surface area contributed by atoms with Gasteiger partial charge in [-0.1, -0.05) is 6.07 Å². The quantitative estimate of drug-likeness (QED) is 0.637. The molecule has 1 aliphatic rings. The predicted octanol–water partition coefficient (Wildman–Crippen LogP) is 2.83. The molecule has 23 heavy (non-hydrogen) atoms. The van der Waals surface area contributed by atoms with Crippen LogP contribution in [-0.2, 0) is 6.54 Å². The summed E-state index contributed by atoms with van der Waals surface area (Å²) in [6, 6.07) is 11.9. The largest absolute Gasteiger partial charge is 0.454 e. The smallest absolute Gasteiger partial charge is 0.270 e. The first-order valence-corrected chi connectivity index (χ1v) is 6.86. The Bertz CT molecular complexity index is 813. The summed E-state index contributed by atoms with van der Waals surface area (Å²) in [5.41, 5.74) is 1.79. The fourth-order valence-electron chi connectivity index (χ4n) is 2.46. The summed E-state index contributed by atoms with van der Waals surface area (Å²) in [5, 5.41) is 20.0. The zero-order valence-corrected chi connectivity index (χ0v) is 12.4. The Labute approximate surface area is 132 Å². The maximum Gasteiger partial charge on any atom is 0.270 e. The number of fused-ring (bicyclic) bond motifs is 1. The lowest BCUT2D eigenvalue weighted by molar-refractivity contribution is -0.384. The van der Waals surface area contributed by atoms with E-state index in [9.17, 15) is 15.4 Å². The summed E-state index contributed by atoms with van der Waals surface area (Å²) in [6.07, 6.45) is 0. The second kappa shape index (κ2) is 5.85. The number of nitrogens with zero attached hydrogens (tertiary/aromatic N) is 3. The fraction of sp³-hybridized carbons (Fsp3) is 0.188. The van der Waals surface area contributed by atoms with Crippen molar-refractivity contribution in [3.8, 4) is 17.6 Å². The van der Waals surface area contributed by atoms with Crippen molar-refractivity contribution >= 4 is 11.4 Å². The zero-order valence-electron chi connectivity index (χ0n) is 12.4. The van der Waals surface area contributed by atoms with Crippen molar-refractivity contribution in [2.75, 3.05) is 18.7 Å². The molecule has 2 aromatic carbocycles. The molecule has 0 unspecified atom stereocenters. The van der Waals surface area contributed by atoms with E-state index >= 15 is 0 Å². The lowest BCUT2D eigenvalue weighted by Crippen LogP contribution is -2.17. The first kappa shape index (κ1) is 14.7. The van der Waals surface area contributed by atoms with Gasteiger partial charge in [0.1, 0.15) is 6.07 Å². The summed E-state index contributed by atoms with van der Waals surface area (Å²) < 4.78 is 10.6. The maximum atomic E-state index is 10.8. The summed E-state index contributed by atoms with van der Waals surface area (Å²) >= 11 is 0. The van der Waals surface area contributed by atoms with Gasteiger partial charge in [0.2, 0.25) is 6.79 Å². The second-order valence-electron chi connectivity index (χ2n) is 5.11. The minimum Gasteiger partial charge on any atom is -0.454 e. The highest BCUT2D eigenvalue weighted by Gasteiger charge is 2.16. The molecule has 2 aromatic rings. The van der Waals surface area contributed by atoms with Gasteiger partial charge in [-0.05, 0) is 23.8 Å². The number of nitro benzene ring substituents is 1. The van der Waals surface area contributed by atoms with E-state index in [-0.39, 0.29) is 18.0 Å². The van der Waals surface area contributed by atoms with Crippen LogP contribution in [0.15, 0.2) is 36.4 Å². The monoisotopic (exact) mass is 311 g/mol. The van der Waals surface area contributed by atoms with Crippen LogP contribution in [0, 0.1) is 21.4 Å². The highest BCUT2D eigenvalue weighted by atomic mass is 16.7. The Hall–Kier alpha value is -3.27. The lowest BCUT2D eigenvalue weighted by atomic mass is 10.1. The van der Waals surface area contributed by atoms with Crippen LogP contribution in [0.3, 0.4) is 0 Å². The Balaban J connectivity index is 1.84. The third kappa shape index (κ3) is 2.87. The van der Waals surface area contributed by atoms with Crippen molar-refractivity contribution < 1.29 is 14.4 Å². The first-order chi connectivity index (χ1) is 11.1. The van der Waals surface area contributed by atoms with E-state index < -0.39 is 4.92 Å². The molecule has 0 atom stereocenters. The molecular formula is C16H13N3O4. The Morgan fingerprint density at radius 2 is 2.04 bits per heavy atom. The molecule has 0 bridgehead atoms. The van der Waals surface area contributed by atoms with Gasteiger partial charge in [0.15, 0.2) is 11.5 Å². The number of ether oxygens (including phenoxy) is 2. The number of nitriles is 1. The number of hydrogen-bond donors (Lipinski definition) is 0. The van der Waals surface area contributed by atoms with Crippen LogP contribution in [-0.4, -0.2) is 18.8 Å². The molecule has 0 amide bonds. The lowest BCUT2D eigenvalue weighted by Gasteiger charge is -2.20. The molecule has 1 heterocycles. The summed E-state index contributed by atoms with van der Waals surface area (Å²) in [5.74, 6) is 1.41. The molecule has 0 aliphatic carbocycles. The molecule has 0 saturated heterocycles. The van der Waals surface area contributed by atoms with Crippen LogP contribution < -0.4 is 14.4 Å². The maximum absolute atomic E-state index is 10.8. The average Bonchev–Trinajstić information content (AvgIpc) is 3.01. The van der Waals surface area contributed by atoms with E-state index in [1.165, 1.54) is 12.1 Å². The van der Waals surface area contributed by atoms with Gasteiger partial charge in [0.25, 0.3) is 5.69 Å². The third-order valence-electron chi connectivity index (χ3n) is 3.58. The topological polar surface area (TPSA) is 88.6 Å². The van der Waals surface area contributed by atoms with Crippen LogP contribution >= 0.6 is 0 Å². The van der Waals surface area contributed by atoms with Crippen molar-refractivity contribution in [1.29, 1.82) is 5.26 Å². The van der Waals surface area contributed by atoms with E-state index in [0.29, 0.717) is 23.7 Å². The van der Waals surface area contributed by atoms with Gasteiger partial charge in [-0.15, -0.1) is 0 Å². The second-order valence-corrected chi connectivity index (χ2v) is 5.11. The summed E-state index contributed by atoms with van der Waals surface area (Å²) in [6.45, 7) is 0.749. The molecule has 3 rings (SSSR count). The summed E-state index contributed by atoms with van der Waals surface area (Å²) in [4.78, 5) is 12.2. The molecule has 0 spiro atoms. The molecule has 0 radical (unpaired) electrons. The number of rotatable bonds is 4. The van der Waals surface area contributed by atoms with Gasteiger partial charge in [-0.3, -0.25) is 10.1 Å². The zero-order chi connectivity index (χ0) is 16.4. The highest BCUT2D eigenvalue weighted by molar-refractivity contribution is 5.63. The van der Waals surface area contributed by atoms with Crippen LogP contribution in [0.1, 0.15) is 11.1 Å².